The number of anilines is 2. The molecule has 0 saturated carbocycles. The fourth-order valence-electron chi connectivity index (χ4n) is 5.03. The molecular formula is C28H33N5OS. The normalized spacial score (nSPS) is 17.0. The molecule has 2 fully saturated rings. The highest BCUT2D eigenvalue weighted by atomic mass is 32.2. The standard InChI is InChI=1S/C28H33N5OS/c1-21-8-9-22(2)25(20-21)31-16-18-33(19-17-31)28(34)23-10-14-32(15-11-23)26-27(30-13-12-29-26)35-24-6-4-3-5-7-24/h3-9,12-13,20,23H,10-11,14-19H2,1-2H3. The third-order valence-electron chi connectivity index (χ3n) is 7.04. The highest BCUT2D eigenvalue weighted by Crippen LogP contribution is 2.34. The molecule has 0 aliphatic carbocycles. The number of aryl methyl sites for hydroxylation is 2. The van der Waals surface area contributed by atoms with Gasteiger partial charge in [-0.15, -0.1) is 0 Å². The van der Waals surface area contributed by atoms with Gasteiger partial charge in [-0.3, -0.25) is 4.79 Å². The maximum atomic E-state index is 13.3. The molecule has 1 aromatic heterocycles. The number of rotatable bonds is 5. The van der Waals surface area contributed by atoms with Crippen LogP contribution in [0.4, 0.5) is 11.5 Å². The van der Waals surface area contributed by atoms with Gasteiger partial charge in [0.05, 0.1) is 0 Å². The van der Waals surface area contributed by atoms with Crippen molar-refractivity contribution in [1.29, 1.82) is 0 Å². The number of piperidine rings is 1. The summed E-state index contributed by atoms with van der Waals surface area (Å²) in [6, 6.07) is 16.9. The Labute approximate surface area is 212 Å². The van der Waals surface area contributed by atoms with Gasteiger partial charge in [0.15, 0.2) is 5.82 Å². The summed E-state index contributed by atoms with van der Waals surface area (Å²) in [6.07, 6.45) is 5.24. The van der Waals surface area contributed by atoms with Crippen molar-refractivity contribution in [3.05, 3.63) is 72.1 Å². The van der Waals surface area contributed by atoms with Gasteiger partial charge in [-0.1, -0.05) is 42.1 Å². The van der Waals surface area contributed by atoms with E-state index >= 15 is 0 Å². The zero-order valence-electron chi connectivity index (χ0n) is 20.6. The van der Waals surface area contributed by atoms with E-state index in [1.54, 1.807) is 24.2 Å². The summed E-state index contributed by atoms with van der Waals surface area (Å²) in [6.45, 7) is 9.37. The van der Waals surface area contributed by atoms with Crippen LogP contribution in [-0.4, -0.2) is 60.0 Å². The monoisotopic (exact) mass is 487 g/mol. The van der Waals surface area contributed by atoms with Crippen molar-refractivity contribution in [2.24, 2.45) is 5.92 Å². The topological polar surface area (TPSA) is 52.6 Å². The van der Waals surface area contributed by atoms with Crippen LogP contribution in [-0.2, 0) is 4.79 Å². The summed E-state index contributed by atoms with van der Waals surface area (Å²) in [5, 5.41) is 0.922. The van der Waals surface area contributed by atoms with Crippen LogP contribution in [0.3, 0.4) is 0 Å². The average molecular weight is 488 g/mol. The number of hydrogen-bond donors (Lipinski definition) is 0. The van der Waals surface area contributed by atoms with Gasteiger partial charge in [-0.25, -0.2) is 9.97 Å². The Morgan fingerprint density at radius 3 is 2.31 bits per heavy atom. The van der Waals surface area contributed by atoms with Gasteiger partial charge in [0, 0.05) is 68.2 Å². The zero-order chi connectivity index (χ0) is 24.2. The maximum Gasteiger partial charge on any atom is 0.225 e. The largest absolute Gasteiger partial charge is 0.368 e. The Morgan fingerprint density at radius 1 is 0.857 bits per heavy atom. The van der Waals surface area contributed by atoms with Crippen molar-refractivity contribution in [2.75, 3.05) is 49.1 Å². The second-order valence-corrected chi connectivity index (χ2v) is 10.5. The minimum absolute atomic E-state index is 0.0976. The molecule has 2 saturated heterocycles. The van der Waals surface area contributed by atoms with Gasteiger partial charge in [0.1, 0.15) is 5.03 Å². The van der Waals surface area contributed by atoms with E-state index in [2.05, 4.69) is 68.8 Å². The highest BCUT2D eigenvalue weighted by Gasteiger charge is 2.31. The molecule has 1 amide bonds. The molecule has 0 bridgehead atoms. The maximum absolute atomic E-state index is 13.3. The number of carbonyl (C=O) groups excluding carboxylic acids is 1. The molecular weight excluding hydrogens is 454 g/mol. The highest BCUT2D eigenvalue weighted by molar-refractivity contribution is 7.99. The average Bonchev–Trinajstić information content (AvgIpc) is 2.91. The Hall–Kier alpha value is -3.06. The molecule has 182 valence electrons. The van der Waals surface area contributed by atoms with Crippen molar-refractivity contribution in [1.82, 2.24) is 14.9 Å². The number of piperazine rings is 1. The van der Waals surface area contributed by atoms with Gasteiger partial charge in [0.2, 0.25) is 5.91 Å². The van der Waals surface area contributed by atoms with Crippen molar-refractivity contribution >= 4 is 29.2 Å². The quantitative estimate of drug-likeness (QED) is 0.515. The third-order valence-corrected chi connectivity index (χ3v) is 8.03. The number of aromatic nitrogens is 2. The first-order valence-corrected chi connectivity index (χ1v) is 13.3. The first kappa shape index (κ1) is 23.7. The van der Waals surface area contributed by atoms with Crippen LogP contribution in [0, 0.1) is 19.8 Å². The predicted octanol–water partition coefficient (Wildman–Crippen LogP) is 4.81. The van der Waals surface area contributed by atoms with Crippen LogP contribution < -0.4 is 9.80 Å². The number of amides is 1. The summed E-state index contributed by atoms with van der Waals surface area (Å²) >= 11 is 1.64. The lowest BCUT2D eigenvalue weighted by atomic mass is 9.95. The smallest absolute Gasteiger partial charge is 0.225 e. The van der Waals surface area contributed by atoms with E-state index in [1.807, 2.05) is 18.2 Å². The Bertz CT molecular complexity index is 1160. The molecule has 35 heavy (non-hydrogen) atoms. The zero-order valence-corrected chi connectivity index (χ0v) is 21.4. The van der Waals surface area contributed by atoms with Crippen molar-refractivity contribution in [2.45, 2.75) is 36.6 Å². The van der Waals surface area contributed by atoms with Gasteiger partial charge < -0.3 is 14.7 Å². The lowest BCUT2D eigenvalue weighted by Gasteiger charge is -2.40. The molecule has 3 heterocycles. The number of carbonyl (C=O) groups is 1. The van der Waals surface area contributed by atoms with Crippen LogP contribution in [0.15, 0.2) is 70.8 Å². The molecule has 2 aromatic carbocycles. The van der Waals surface area contributed by atoms with Crippen LogP contribution in [0.25, 0.3) is 0 Å². The summed E-state index contributed by atoms with van der Waals surface area (Å²) in [4.78, 5) is 30.5. The Balaban J connectivity index is 1.16. The van der Waals surface area contributed by atoms with E-state index in [-0.39, 0.29) is 5.92 Å². The fourth-order valence-corrected chi connectivity index (χ4v) is 5.93. The molecule has 0 spiro atoms. The summed E-state index contributed by atoms with van der Waals surface area (Å²) in [5.41, 5.74) is 3.89. The van der Waals surface area contributed by atoms with Crippen molar-refractivity contribution in [3.8, 4) is 0 Å². The second-order valence-electron chi connectivity index (χ2n) is 9.46. The predicted molar refractivity (Wildman–Crippen MR) is 142 cm³/mol. The number of hydrogen-bond acceptors (Lipinski definition) is 6. The van der Waals surface area contributed by atoms with E-state index in [4.69, 9.17) is 0 Å². The molecule has 6 nitrogen and oxygen atoms in total. The van der Waals surface area contributed by atoms with E-state index in [1.165, 1.54) is 16.8 Å². The molecule has 3 aromatic rings. The van der Waals surface area contributed by atoms with Crippen LogP contribution >= 0.6 is 11.8 Å². The first-order chi connectivity index (χ1) is 17.1. The Morgan fingerprint density at radius 2 is 1.57 bits per heavy atom. The van der Waals surface area contributed by atoms with Crippen molar-refractivity contribution in [3.63, 3.8) is 0 Å². The summed E-state index contributed by atoms with van der Waals surface area (Å²) < 4.78 is 0. The minimum Gasteiger partial charge on any atom is -0.368 e. The molecule has 0 N–H and O–H groups in total. The number of nitrogens with zero attached hydrogens (tertiary/aromatic N) is 5. The molecule has 0 atom stereocenters. The van der Waals surface area contributed by atoms with Crippen LogP contribution in [0.2, 0.25) is 0 Å². The fraction of sp³-hybridized carbons (Fsp3) is 0.393. The minimum atomic E-state index is 0.0976. The van der Waals surface area contributed by atoms with E-state index < -0.39 is 0 Å². The van der Waals surface area contributed by atoms with Crippen LogP contribution in [0.1, 0.15) is 24.0 Å². The van der Waals surface area contributed by atoms with E-state index in [9.17, 15) is 4.79 Å². The SMILES string of the molecule is Cc1ccc(C)c(N2CCN(C(=O)C3CCN(c4nccnc4Sc4ccccc4)CC3)CC2)c1. The second kappa shape index (κ2) is 10.7. The van der Waals surface area contributed by atoms with E-state index in [0.29, 0.717) is 5.91 Å². The molecule has 7 heteroatoms. The van der Waals surface area contributed by atoms with Gasteiger partial charge >= 0.3 is 0 Å². The summed E-state index contributed by atoms with van der Waals surface area (Å²) in [7, 11) is 0. The summed E-state index contributed by atoms with van der Waals surface area (Å²) in [5.74, 6) is 1.35. The Kier molecular flexibility index (Phi) is 7.23. The van der Waals surface area contributed by atoms with Gasteiger partial charge in [-0.05, 0) is 56.0 Å². The van der Waals surface area contributed by atoms with Crippen molar-refractivity contribution < 1.29 is 4.79 Å². The third kappa shape index (κ3) is 5.45. The van der Waals surface area contributed by atoms with Gasteiger partial charge in [0.25, 0.3) is 0 Å². The van der Waals surface area contributed by atoms with Crippen LogP contribution in [0.5, 0.6) is 0 Å². The first-order valence-electron chi connectivity index (χ1n) is 12.5. The number of benzene rings is 2. The molecule has 0 radical (unpaired) electrons. The molecule has 2 aliphatic rings. The lowest BCUT2D eigenvalue weighted by Crippen LogP contribution is -2.52. The lowest BCUT2D eigenvalue weighted by molar-refractivity contribution is -0.136. The molecule has 2 aliphatic heterocycles. The molecule has 0 unspecified atom stereocenters. The molecule has 5 rings (SSSR count). The van der Waals surface area contributed by atoms with E-state index in [0.717, 1.165) is 67.8 Å². The van der Waals surface area contributed by atoms with Gasteiger partial charge in [-0.2, -0.15) is 0 Å².